The Morgan fingerprint density at radius 2 is 2.21 bits per heavy atom. The van der Waals surface area contributed by atoms with Crippen LogP contribution in [-0.2, 0) is 4.74 Å². The summed E-state index contributed by atoms with van der Waals surface area (Å²) in [7, 11) is 0. The molecule has 7 heteroatoms. The third-order valence-corrected chi connectivity index (χ3v) is 5.27. The molecule has 1 atom stereocenters. The lowest BCUT2D eigenvalue weighted by molar-refractivity contribution is -0.0210. The van der Waals surface area contributed by atoms with Crippen LogP contribution in [0.2, 0.25) is 0 Å². The molecular weight excluding hydrogens is 356 g/mol. The van der Waals surface area contributed by atoms with E-state index in [9.17, 15) is 9.90 Å². The van der Waals surface area contributed by atoms with Crippen molar-refractivity contribution in [3.05, 3.63) is 48.7 Å². The molecular formula is C21H26N4O3. The number of carbonyl (C=O) groups excluding carboxylic acids is 1. The number of aliphatic hydroxyl groups excluding tert-OH is 1. The van der Waals surface area contributed by atoms with Gasteiger partial charge in [-0.2, -0.15) is 0 Å². The highest BCUT2D eigenvalue weighted by atomic mass is 16.5. The minimum absolute atomic E-state index is 0.0669. The van der Waals surface area contributed by atoms with Crippen LogP contribution in [0.1, 0.15) is 43.0 Å². The Labute approximate surface area is 163 Å². The Hall–Kier alpha value is -2.64. The first-order valence-electron chi connectivity index (χ1n) is 9.80. The first-order chi connectivity index (χ1) is 13.6. The summed E-state index contributed by atoms with van der Waals surface area (Å²) >= 11 is 0. The van der Waals surface area contributed by atoms with Crippen molar-refractivity contribution in [1.29, 1.82) is 0 Å². The third-order valence-electron chi connectivity index (χ3n) is 5.27. The molecule has 1 fully saturated rings. The number of aromatic nitrogens is 3. The number of H-pyrrole nitrogens is 1. The average molecular weight is 382 g/mol. The summed E-state index contributed by atoms with van der Waals surface area (Å²) in [5, 5.41) is 13.5. The van der Waals surface area contributed by atoms with Crippen LogP contribution in [0.4, 0.5) is 0 Å². The van der Waals surface area contributed by atoms with Crippen LogP contribution in [0.3, 0.4) is 0 Å². The fourth-order valence-corrected chi connectivity index (χ4v) is 3.81. The van der Waals surface area contributed by atoms with Gasteiger partial charge in [-0.25, -0.2) is 4.98 Å². The molecule has 0 spiro atoms. The summed E-state index contributed by atoms with van der Waals surface area (Å²) in [4.78, 5) is 20.3. The van der Waals surface area contributed by atoms with Crippen LogP contribution in [0.25, 0.3) is 16.6 Å². The molecule has 0 radical (unpaired) electrons. The third kappa shape index (κ3) is 4.10. The van der Waals surface area contributed by atoms with Gasteiger partial charge in [0.15, 0.2) is 0 Å². The summed E-state index contributed by atoms with van der Waals surface area (Å²) in [6, 6.07) is 6.04. The normalized spacial score (nSPS) is 20.9. The molecule has 1 unspecified atom stereocenters. The van der Waals surface area contributed by atoms with Crippen LogP contribution in [-0.4, -0.2) is 50.4 Å². The van der Waals surface area contributed by atoms with Gasteiger partial charge in [0.1, 0.15) is 0 Å². The van der Waals surface area contributed by atoms with Crippen LogP contribution in [0.5, 0.6) is 0 Å². The van der Waals surface area contributed by atoms with Gasteiger partial charge in [-0.3, -0.25) is 4.79 Å². The molecule has 4 rings (SSSR count). The smallest absolute Gasteiger partial charge is 0.253 e. The van der Waals surface area contributed by atoms with E-state index in [1.165, 1.54) is 0 Å². The number of rotatable bonds is 6. The lowest BCUT2D eigenvalue weighted by Crippen LogP contribution is -2.39. The molecule has 2 heterocycles. The van der Waals surface area contributed by atoms with E-state index < -0.39 is 6.10 Å². The van der Waals surface area contributed by atoms with Gasteiger partial charge >= 0.3 is 0 Å². The lowest BCUT2D eigenvalue weighted by Gasteiger charge is -2.29. The van der Waals surface area contributed by atoms with Crippen molar-refractivity contribution < 1.29 is 14.6 Å². The molecule has 3 aromatic rings. The number of amides is 1. The first kappa shape index (κ1) is 18.7. The second kappa shape index (κ2) is 8.16. The number of fused-ring (bicyclic) bond motifs is 1. The number of imidazole rings is 1. The number of hydrogen-bond donors (Lipinski definition) is 3. The number of benzene rings is 1. The Kier molecular flexibility index (Phi) is 5.45. The van der Waals surface area contributed by atoms with Crippen LogP contribution >= 0.6 is 0 Å². The summed E-state index contributed by atoms with van der Waals surface area (Å²) in [5.41, 5.74) is 2.39. The molecule has 1 aromatic carbocycles. The van der Waals surface area contributed by atoms with E-state index in [0.717, 1.165) is 42.3 Å². The van der Waals surface area contributed by atoms with Gasteiger partial charge in [0, 0.05) is 35.7 Å². The molecule has 7 nitrogen and oxygen atoms in total. The molecule has 0 saturated heterocycles. The van der Waals surface area contributed by atoms with Crippen LogP contribution in [0, 0.1) is 0 Å². The maximum Gasteiger partial charge on any atom is 0.253 e. The summed E-state index contributed by atoms with van der Waals surface area (Å²) < 4.78 is 7.61. The van der Waals surface area contributed by atoms with Gasteiger partial charge in [-0.15, -0.1) is 0 Å². The molecule has 2 aromatic heterocycles. The zero-order chi connectivity index (χ0) is 19.5. The molecule has 0 bridgehead atoms. The molecule has 148 valence electrons. The highest BCUT2D eigenvalue weighted by Crippen LogP contribution is 2.25. The maximum absolute atomic E-state index is 13.0. The lowest BCUT2D eigenvalue weighted by atomic mass is 9.92. The number of aromatic amines is 1. The predicted octanol–water partition coefficient (Wildman–Crippen LogP) is 2.79. The highest BCUT2D eigenvalue weighted by molar-refractivity contribution is 6.06. The molecule has 1 aliphatic carbocycles. The average Bonchev–Trinajstić information content (AvgIpc) is 3.38. The van der Waals surface area contributed by atoms with Crippen molar-refractivity contribution >= 4 is 16.8 Å². The van der Waals surface area contributed by atoms with Crippen LogP contribution in [0.15, 0.2) is 43.1 Å². The zero-order valence-electron chi connectivity index (χ0n) is 16.0. The zero-order valence-corrected chi connectivity index (χ0v) is 16.0. The fourth-order valence-electron chi connectivity index (χ4n) is 3.81. The minimum Gasteiger partial charge on any atom is -0.391 e. The van der Waals surface area contributed by atoms with Gasteiger partial charge in [-0.05, 0) is 50.8 Å². The maximum atomic E-state index is 13.0. The van der Waals surface area contributed by atoms with Crippen molar-refractivity contribution in [2.24, 2.45) is 0 Å². The summed E-state index contributed by atoms with van der Waals surface area (Å²) in [6.45, 7) is 2.10. The SMILES string of the molecule is CC(O)COC1CCC(NC(=O)c2cc(-n3ccnc3)cc3cc[nH]c23)CC1. The number of nitrogens with one attached hydrogen (secondary N) is 2. The topological polar surface area (TPSA) is 92.2 Å². The number of hydrogen-bond acceptors (Lipinski definition) is 4. The molecule has 28 heavy (non-hydrogen) atoms. The molecule has 0 aliphatic heterocycles. The fraction of sp³-hybridized carbons (Fsp3) is 0.429. The quantitative estimate of drug-likeness (QED) is 0.611. The van der Waals surface area contributed by atoms with Crippen molar-refractivity contribution in [3.8, 4) is 5.69 Å². The second-order valence-corrected chi connectivity index (χ2v) is 7.53. The second-order valence-electron chi connectivity index (χ2n) is 7.53. The largest absolute Gasteiger partial charge is 0.391 e. The van der Waals surface area contributed by atoms with Gasteiger partial charge in [0.05, 0.1) is 36.2 Å². The minimum atomic E-state index is -0.441. The van der Waals surface area contributed by atoms with Crippen molar-refractivity contribution in [3.63, 3.8) is 0 Å². The summed E-state index contributed by atoms with van der Waals surface area (Å²) in [5.74, 6) is -0.0669. The van der Waals surface area contributed by atoms with Gasteiger partial charge < -0.3 is 24.7 Å². The highest BCUT2D eigenvalue weighted by Gasteiger charge is 2.24. The van der Waals surface area contributed by atoms with Gasteiger partial charge in [0.2, 0.25) is 0 Å². The van der Waals surface area contributed by atoms with Crippen molar-refractivity contribution in [2.75, 3.05) is 6.61 Å². The van der Waals surface area contributed by atoms with E-state index in [1.807, 2.05) is 35.2 Å². The van der Waals surface area contributed by atoms with E-state index in [0.29, 0.717) is 12.2 Å². The van der Waals surface area contributed by atoms with E-state index >= 15 is 0 Å². The molecule has 3 N–H and O–H groups in total. The number of carbonyl (C=O) groups is 1. The monoisotopic (exact) mass is 382 g/mol. The van der Waals surface area contributed by atoms with E-state index in [2.05, 4.69) is 15.3 Å². The first-order valence-corrected chi connectivity index (χ1v) is 9.80. The number of nitrogens with zero attached hydrogens (tertiary/aromatic N) is 2. The standard InChI is InChI=1S/C21H26N4O3/c1-14(26)12-28-18-4-2-16(3-5-18)24-21(27)19-11-17(25-9-8-22-13-25)10-15-6-7-23-20(15)19/h6-11,13-14,16,18,23,26H,2-5,12H2,1H3,(H,24,27). The number of ether oxygens (including phenoxy) is 1. The number of aliphatic hydroxyl groups is 1. The summed E-state index contributed by atoms with van der Waals surface area (Å²) in [6.07, 6.45) is 10.4. The van der Waals surface area contributed by atoms with Gasteiger partial charge in [-0.1, -0.05) is 0 Å². The molecule has 1 aliphatic rings. The Balaban J connectivity index is 1.45. The predicted molar refractivity (Wildman–Crippen MR) is 107 cm³/mol. The Morgan fingerprint density at radius 3 is 2.93 bits per heavy atom. The van der Waals surface area contributed by atoms with E-state index in [4.69, 9.17) is 4.74 Å². The Morgan fingerprint density at radius 1 is 1.39 bits per heavy atom. The van der Waals surface area contributed by atoms with Gasteiger partial charge in [0.25, 0.3) is 5.91 Å². The van der Waals surface area contributed by atoms with Crippen molar-refractivity contribution in [1.82, 2.24) is 19.9 Å². The molecule has 1 saturated carbocycles. The molecule has 1 amide bonds. The Bertz CT molecular complexity index is 924. The van der Waals surface area contributed by atoms with E-state index in [-0.39, 0.29) is 18.1 Å². The van der Waals surface area contributed by atoms with E-state index in [1.54, 1.807) is 19.4 Å². The van der Waals surface area contributed by atoms with Crippen molar-refractivity contribution in [2.45, 2.75) is 50.9 Å². The van der Waals surface area contributed by atoms with Crippen LogP contribution < -0.4 is 5.32 Å².